The molecule has 0 aliphatic heterocycles. The molecule has 0 amide bonds. The minimum atomic E-state index is -0.585. The number of rotatable bonds is 1. The van der Waals surface area contributed by atoms with Crippen LogP contribution in [0.4, 0.5) is 0 Å². The Labute approximate surface area is 101 Å². The van der Waals surface area contributed by atoms with Crippen LogP contribution in [0.25, 0.3) is 10.8 Å². The van der Waals surface area contributed by atoms with Crippen molar-refractivity contribution in [3.05, 3.63) is 30.1 Å². The van der Waals surface area contributed by atoms with Gasteiger partial charge < -0.3 is 16.1 Å². The summed E-state index contributed by atoms with van der Waals surface area (Å²) in [5.41, 5.74) is 6.77. The van der Waals surface area contributed by atoms with Crippen molar-refractivity contribution in [1.29, 1.82) is 10.9 Å². The monoisotopic (exact) mass is 246 g/mol. The number of amidine groups is 1. The van der Waals surface area contributed by atoms with Gasteiger partial charge in [-0.15, -0.1) is 5.11 Å². The Morgan fingerprint density at radius 2 is 1.78 bits per heavy atom. The second-order valence-electron chi connectivity index (χ2n) is 3.49. The molecule has 3 aromatic rings. The van der Waals surface area contributed by atoms with Gasteiger partial charge in [0.2, 0.25) is 23.4 Å². The number of nitrogen functional groups attached to an aromatic ring is 1. The summed E-state index contributed by atoms with van der Waals surface area (Å²) in [7, 11) is 0. The van der Waals surface area contributed by atoms with E-state index in [2.05, 4.69) is 10.1 Å². The van der Waals surface area contributed by atoms with Crippen LogP contribution >= 0.6 is 0 Å². The lowest BCUT2D eigenvalue weighted by Gasteiger charge is -2.04. The predicted octanol–water partition coefficient (Wildman–Crippen LogP) is 1.08. The fourth-order valence-electron chi connectivity index (χ4n) is 1.44. The molecular formula is C10H10N6O2. The van der Waals surface area contributed by atoms with Crippen LogP contribution < -0.4 is 5.84 Å². The standard InChI is InChI=1S/C10H10N6O2/c11-7(15-12)8-14-9(17)5-1-3-6(4-2-5)10(18)16(8)13/h1-4,11-12,17-18H,13H2. The Kier molecular flexibility index (Phi) is 2.68. The van der Waals surface area contributed by atoms with E-state index in [4.69, 9.17) is 16.8 Å². The van der Waals surface area contributed by atoms with E-state index in [0.717, 1.165) is 0 Å². The number of fused-ring (bicyclic) bond motifs is 6. The lowest BCUT2D eigenvalue weighted by molar-refractivity contribution is 0.435. The number of hydrogen-bond donors (Lipinski definition) is 5. The zero-order chi connectivity index (χ0) is 13.3. The van der Waals surface area contributed by atoms with E-state index in [1.165, 1.54) is 0 Å². The smallest absolute Gasteiger partial charge is 0.220 e. The van der Waals surface area contributed by atoms with Crippen molar-refractivity contribution in [1.82, 2.24) is 9.66 Å². The van der Waals surface area contributed by atoms with Crippen molar-refractivity contribution in [3.63, 3.8) is 0 Å². The Balaban J connectivity index is 3.00. The van der Waals surface area contributed by atoms with E-state index in [1.54, 1.807) is 24.3 Å². The van der Waals surface area contributed by atoms with Gasteiger partial charge in [-0.25, -0.2) is 10.2 Å². The van der Waals surface area contributed by atoms with Gasteiger partial charge in [-0.1, -0.05) is 0 Å². The summed E-state index contributed by atoms with van der Waals surface area (Å²) in [5.74, 6) is 3.94. The third-order valence-electron chi connectivity index (χ3n) is 2.39. The van der Waals surface area contributed by atoms with E-state index in [-0.39, 0.29) is 17.6 Å². The van der Waals surface area contributed by atoms with Crippen LogP contribution in [-0.2, 0) is 0 Å². The molecule has 3 rings (SSSR count). The fourth-order valence-corrected chi connectivity index (χ4v) is 1.44. The minimum Gasteiger partial charge on any atom is -0.493 e. The topological polar surface area (TPSA) is 144 Å². The fraction of sp³-hybridized carbons (Fsp3) is 0. The average Bonchev–Trinajstić information content (AvgIpc) is 2.47. The van der Waals surface area contributed by atoms with Gasteiger partial charge >= 0.3 is 0 Å². The molecule has 92 valence electrons. The maximum absolute atomic E-state index is 9.89. The molecule has 0 fully saturated rings. The van der Waals surface area contributed by atoms with Crippen molar-refractivity contribution >= 4 is 16.6 Å². The van der Waals surface area contributed by atoms with Gasteiger partial charge in [0.15, 0.2) is 0 Å². The highest BCUT2D eigenvalue weighted by atomic mass is 16.3. The summed E-state index contributed by atoms with van der Waals surface area (Å²) >= 11 is 0. The van der Waals surface area contributed by atoms with E-state index in [1.807, 2.05) is 0 Å². The van der Waals surface area contributed by atoms with E-state index in [0.29, 0.717) is 15.4 Å². The summed E-state index contributed by atoms with van der Waals surface area (Å²) in [6.07, 6.45) is 0. The molecule has 2 heterocycles. The summed E-state index contributed by atoms with van der Waals surface area (Å²) in [4.78, 5) is 3.69. The van der Waals surface area contributed by atoms with Crippen LogP contribution in [0.1, 0.15) is 5.82 Å². The summed E-state index contributed by atoms with van der Waals surface area (Å²) in [6, 6.07) is 6.17. The van der Waals surface area contributed by atoms with Gasteiger partial charge in [-0.05, 0) is 24.3 Å². The lowest BCUT2D eigenvalue weighted by Crippen LogP contribution is -2.18. The highest BCUT2D eigenvalue weighted by Gasteiger charge is 2.11. The Hall–Kier alpha value is -2.90. The molecule has 0 saturated carbocycles. The summed E-state index contributed by atoms with van der Waals surface area (Å²) < 4.78 is 0.689. The molecule has 0 aliphatic carbocycles. The first-order valence-electron chi connectivity index (χ1n) is 4.87. The Morgan fingerprint density at radius 3 is 2.33 bits per heavy atom. The number of nitrogens with one attached hydrogen (secondary N) is 2. The van der Waals surface area contributed by atoms with Gasteiger partial charge in [0.25, 0.3) is 0 Å². The maximum Gasteiger partial charge on any atom is 0.220 e. The quantitative estimate of drug-likeness (QED) is 0.222. The third kappa shape index (κ3) is 1.75. The van der Waals surface area contributed by atoms with E-state index in [9.17, 15) is 10.2 Å². The molecule has 0 spiro atoms. The normalized spacial score (nSPS) is 10.2. The minimum absolute atomic E-state index is 0.331. The van der Waals surface area contributed by atoms with Crippen molar-refractivity contribution < 1.29 is 10.2 Å². The van der Waals surface area contributed by atoms with Gasteiger partial charge in [-0.2, -0.15) is 4.98 Å². The molecule has 6 N–H and O–H groups in total. The first kappa shape index (κ1) is 11.6. The van der Waals surface area contributed by atoms with Crippen molar-refractivity contribution in [3.8, 4) is 11.8 Å². The lowest BCUT2D eigenvalue weighted by atomic mass is 10.2. The number of nitrogens with zero attached hydrogens (tertiary/aromatic N) is 3. The molecule has 2 bridgehead atoms. The molecule has 0 unspecified atom stereocenters. The molecule has 0 saturated heterocycles. The molecule has 0 atom stereocenters. The molecule has 1 aromatic carbocycles. The van der Waals surface area contributed by atoms with Crippen LogP contribution in [0.3, 0.4) is 0 Å². The first-order chi connectivity index (χ1) is 8.54. The van der Waals surface area contributed by atoms with Crippen LogP contribution in [-0.4, -0.2) is 25.7 Å². The summed E-state index contributed by atoms with van der Waals surface area (Å²) in [6.45, 7) is 0. The number of aromatic nitrogens is 2. The third-order valence-corrected chi connectivity index (χ3v) is 2.39. The predicted molar refractivity (Wildman–Crippen MR) is 64.0 cm³/mol. The van der Waals surface area contributed by atoms with Crippen LogP contribution in [0.5, 0.6) is 11.8 Å². The number of hydrogen-bond acceptors (Lipinski definition) is 6. The van der Waals surface area contributed by atoms with Crippen LogP contribution in [0.15, 0.2) is 29.4 Å². The van der Waals surface area contributed by atoms with Crippen molar-refractivity contribution in [2.75, 3.05) is 5.84 Å². The van der Waals surface area contributed by atoms with E-state index < -0.39 is 5.84 Å². The van der Waals surface area contributed by atoms with Gasteiger partial charge in [0.1, 0.15) is 0 Å². The average molecular weight is 246 g/mol. The maximum atomic E-state index is 9.89. The molecule has 2 aromatic heterocycles. The number of benzene rings is 1. The van der Waals surface area contributed by atoms with Gasteiger partial charge in [-0.3, -0.25) is 5.41 Å². The molecule has 0 radical (unpaired) electrons. The Morgan fingerprint density at radius 1 is 1.22 bits per heavy atom. The molecule has 8 nitrogen and oxygen atoms in total. The second kappa shape index (κ2) is 4.17. The second-order valence-corrected chi connectivity index (χ2v) is 3.49. The summed E-state index contributed by atoms with van der Waals surface area (Å²) in [5, 5.41) is 30.7. The van der Waals surface area contributed by atoms with Gasteiger partial charge in [0, 0.05) is 10.8 Å². The zero-order valence-electron chi connectivity index (χ0n) is 9.12. The highest BCUT2D eigenvalue weighted by Crippen LogP contribution is 2.22. The molecule has 18 heavy (non-hydrogen) atoms. The highest BCUT2D eigenvalue weighted by molar-refractivity contribution is 5.93. The zero-order valence-corrected chi connectivity index (χ0v) is 9.12. The van der Waals surface area contributed by atoms with E-state index >= 15 is 0 Å². The Bertz CT molecular complexity index is 656. The van der Waals surface area contributed by atoms with Crippen molar-refractivity contribution in [2.24, 2.45) is 5.11 Å². The molecule has 8 heteroatoms. The van der Waals surface area contributed by atoms with Crippen molar-refractivity contribution in [2.45, 2.75) is 0 Å². The SMILES string of the molecule is N=NC(=N)c1nc(O)c2ccc(cc2)c(O)n1N. The first-order valence-corrected chi connectivity index (χ1v) is 4.87. The van der Waals surface area contributed by atoms with Crippen LogP contribution in [0, 0.1) is 10.9 Å². The number of aromatic hydroxyl groups is 2. The largest absolute Gasteiger partial charge is 0.493 e. The number of nitrogens with two attached hydrogens (primary N) is 1. The van der Waals surface area contributed by atoms with Gasteiger partial charge in [0.05, 0.1) is 0 Å². The molecule has 0 aliphatic rings. The van der Waals surface area contributed by atoms with Crippen LogP contribution in [0.2, 0.25) is 0 Å². The molecular weight excluding hydrogens is 236 g/mol.